The molecule has 1 saturated carbocycles. The van der Waals surface area contributed by atoms with Gasteiger partial charge in [-0.15, -0.1) is 0 Å². The maximum absolute atomic E-state index is 12.7. The van der Waals surface area contributed by atoms with Gasteiger partial charge in [0, 0.05) is 18.8 Å². The van der Waals surface area contributed by atoms with Crippen molar-refractivity contribution in [1.82, 2.24) is 4.98 Å². The number of rotatable bonds is 2. The lowest BCUT2D eigenvalue weighted by molar-refractivity contribution is -0.200. The van der Waals surface area contributed by atoms with Crippen molar-refractivity contribution < 1.29 is 18.3 Å². The van der Waals surface area contributed by atoms with Crippen LogP contribution in [-0.4, -0.2) is 21.9 Å². The molecule has 1 aliphatic rings. The molecule has 18 heavy (non-hydrogen) atoms. The Morgan fingerprint density at radius 3 is 2.83 bits per heavy atom. The number of nitrogens with zero attached hydrogens (tertiary/aromatic N) is 1. The lowest BCUT2D eigenvalue weighted by Crippen LogP contribution is -2.41. The summed E-state index contributed by atoms with van der Waals surface area (Å²) in [5.41, 5.74) is -0.468. The van der Waals surface area contributed by atoms with Gasteiger partial charge in [-0.05, 0) is 37.3 Å². The van der Waals surface area contributed by atoms with Gasteiger partial charge in [0.05, 0.1) is 11.5 Å². The maximum Gasteiger partial charge on any atom is 0.391 e. The molecule has 2 atom stereocenters. The van der Waals surface area contributed by atoms with Gasteiger partial charge >= 0.3 is 6.18 Å². The van der Waals surface area contributed by atoms with Gasteiger partial charge in [-0.1, -0.05) is 6.07 Å². The first-order chi connectivity index (χ1) is 8.39. The highest BCUT2D eigenvalue weighted by atomic mass is 19.4. The zero-order valence-corrected chi connectivity index (χ0v) is 9.95. The van der Waals surface area contributed by atoms with E-state index in [9.17, 15) is 18.3 Å². The minimum atomic E-state index is -4.21. The molecule has 0 bridgehead atoms. The lowest BCUT2D eigenvalue weighted by Gasteiger charge is -2.37. The summed E-state index contributed by atoms with van der Waals surface area (Å²) in [6.07, 6.45) is -0.00147. The molecule has 0 saturated heterocycles. The van der Waals surface area contributed by atoms with Crippen LogP contribution >= 0.6 is 0 Å². The molecule has 2 nitrogen and oxygen atoms in total. The highest BCUT2D eigenvalue weighted by molar-refractivity contribution is 5.12. The van der Waals surface area contributed by atoms with Crippen LogP contribution in [0, 0.1) is 5.92 Å². The second-order valence-electron chi connectivity index (χ2n) is 5.10. The standard InChI is InChI=1S/C13H16F3NO/c14-13(15,16)11-4-1-5-12(18,8-11)7-10-3-2-6-17-9-10/h2-3,6,9,11,18H,1,4-5,7-8H2. The fourth-order valence-electron chi connectivity index (χ4n) is 2.66. The number of hydrogen-bond acceptors (Lipinski definition) is 2. The van der Waals surface area contributed by atoms with E-state index < -0.39 is 17.7 Å². The molecule has 2 unspecified atom stereocenters. The Balaban J connectivity index is 2.07. The van der Waals surface area contributed by atoms with E-state index in [1.165, 1.54) is 0 Å². The maximum atomic E-state index is 12.7. The van der Waals surface area contributed by atoms with Gasteiger partial charge < -0.3 is 5.11 Å². The Kier molecular flexibility index (Phi) is 3.61. The van der Waals surface area contributed by atoms with Crippen molar-refractivity contribution in [3.05, 3.63) is 30.1 Å². The van der Waals surface area contributed by atoms with Crippen molar-refractivity contribution in [2.24, 2.45) is 5.92 Å². The zero-order chi connectivity index (χ0) is 13.2. The summed E-state index contributed by atoms with van der Waals surface area (Å²) >= 11 is 0. The second-order valence-corrected chi connectivity index (χ2v) is 5.10. The van der Waals surface area contributed by atoms with E-state index in [-0.39, 0.29) is 19.3 Å². The first-order valence-corrected chi connectivity index (χ1v) is 6.07. The summed E-state index contributed by atoms with van der Waals surface area (Å²) in [5.74, 6) is -1.38. The SMILES string of the molecule is OC1(Cc2cccnc2)CCCC(C(F)(F)F)C1. The highest BCUT2D eigenvalue weighted by Crippen LogP contribution is 2.42. The number of aromatic nitrogens is 1. The molecule has 100 valence electrons. The number of pyridine rings is 1. The van der Waals surface area contributed by atoms with Gasteiger partial charge in [-0.25, -0.2) is 0 Å². The molecule has 0 radical (unpaired) electrons. The normalized spacial score (nSPS) is 29.2. The molecule has 1 heterocycles. The molecule has 0 spiro atoms. The fraction of sp³-hybridized carbons (Fsp3) is 0.615. The summed E-state index contributed by atoms with van der Waals surface area (Å²) in [6.45, 7) is 0. The summed E-state index contributed by atoms with van der Waals surface area (Å²) < 4.78 is 38.1. The summed E-state index contributed by atoms with van der Waals surface area (Å²) in [5, 5.41) is 10.3. The fourth-order valence-corrected chi connectivity index (χ4v) is 2.66. The Morgan fingerprint density at radius 2 is 2.22 bits per heavy atom. The van der Waals surface area contributed by atoms with E-state index in [1.807, 2.05) is 0 Å². The Morgan fingerprint density at radius 1 is 1.44 bits per heavy atom. The van der Waals surface area contributed by atoms with E-state index >= 15 is 0 Å². The molecule has 1 N–H and O–H groups in total. The molecule has 1 aliphatic carbocycles. The van der Waals surface area contributed by atoms with Crippen LogP contribution in [0.25, 0.3) is 0 Å². The Labute approximate surface area is 104 Å². The van der Waals surface area contributed by atoms with Crippen LogP contribution in [0.5, 0.6) is 0 Å². The van der Waals surface area contributed by atoms with Crippen LogP contribution in [0.2, 0.25) is 0 Å². The van der Waals surface area contributed by atoms with Crippen LogP contribution in [0.3, 0.4) is 0 Å². The molecule has 0 aliphatic heterocycles. The molecular weight excluding hydrogens is 243 g/mol. The van der Waals surface area contributed by atoms with Crippen molar-refractivity contribution in [3.8, 4) is 0 Å². The van der Waals surface area contributed by atoms with Gasteiger partial charge in [-0.2, -0.15) is 13.2 Å². The van der Waals surface area contributed by atoms with Crippen molar-refractivity contribution >= 4 is 0 Å². The van der Waals surface area contributed by atoms with E-state index in [0.717, 1.165) is 5.56 Å². The minimum Gasteiger partial charge on any atom is -0.390 e. The molecule has 1 aromatic rings. The second kappa shape index (κ2) is 4.88. The lowest BCUT2D eigenvalue weighted by atomic mass is 9.75. The predicted molar refractivity (Wildman–Crippen MR) is 60.9 cm³/mol. The highest BCUT2D eigenvalue weighted by Gasteiger charge is 2.46. The van der Waals surface area contributed by atoms with Gasteiger partial charge in [0.15, 0.2) is 0 Å². The van der Waals surface area contributed by atoms with E-state index in [4.69, 9.17) is 0 Å². The van der Waals surface area contributed by atoms with Gasteiger partial charge in [-0.3, -0.25) is 4.98 Å². The largest absolute Gasteiger partial charge is 0.391 e. The number of hydrogen-bond donors (Lipinski definition) is 1. The van der Waals surface area contributed by atoms with Crippen molar-refractivity contribution in [3.63, 3.8) is 0 Å². The van der Waals surface area contributed by atoms with E-state index in [0.29, 0.717) is 12.8 Å². The van der Waals surface area contributed by atoms with Crippen molar-refractivity contribution in [2.45, 2.75) is 43.9 Å². The van der Waals surface area contributed by atoms with Crippen molar-refractivity contribution in [2.75, 3.05) is 0 Å². The Hall–Kier alpha value is -1.10. The molecule has 2 rings (SSSR count). The molecule has 5 heteroatoms. The summed E-state index contributed by atoms with van der Waals surface area (Å²) in [6, 6.07) is 3.50. The topological polar surface area (TPSA) is 33.1 Å². The smallest absolute Gasteiger partial charge is 0.390 e. The third kappa shape index (κ3) is 3.22. The molecule has 1 aromatic heterocycles. The molecular formula is C13H16F3NO. The Bertz CT molecular complexity index is 393. The first-order valence-electron chi connectivity index (χ1n) is 6.07. The number of alkyl halides is 3. The van der Waals surface area contributed by atoms with E-state index in [1.54, 1.807) is 24.5 Å². The van der Waals surface area contributed by atoms with Crippen LogP contribution in [0.4, 0.5) is 13.2 Å². The minimum absolute atomic E-state index is 0.124. The average Bonchev–Trinajstić information content (AvgIpc) is 2.28. The van der Waals surface area contributed by atoms with Crippen LogP contribution < -0.4 is 0 Å². The number of aliphatic hydroxyl groups is 1. The quantitative estimate of drug-likeness (QED) is 0.885. The number of halogens is 3. The third-order valence-electron chi connectivity index (χ3n) is 3.54. The molecule has 0 aromatic carbocycles. The third-order valence-corrected chi connectivity index (χ3v) is 3.54. The first kappa shape index (κ1) is 13.3. The van der Waals surface area contributed by atoms with Crippen LogP contribution in [-0.2, 0) is 6.42 Å². The summed E-state index contributed by atoms with van der Waals surface area (Å²) in [4.78, 5) is 3.92. The van der Waals surface area contributed by atoms with E-state index in [2.05, 4.69) is 4.98 Å². The van der Waals surface area contributed by atoms with Crippen molar-refractivity contribution in [1.29, 1.82) is 0 Å². The van der Waals surface area contributed by atoms with Crippen LogP contribution in [0.1, 0.15) is 31.2 Å². The van der Waals surface area contributed by atoms with Gasteiger partial charge in [0.25, 0.3) is 0 Å². The predicted octanol–water partition coefficient (Wildman–Crippen LogP) is 3.11. The van der Waals surface area contributed by atoms with Crippen LogP contribution in [0.15, 0.2) is 24.5 Å². The zero-order valence-electron chi connectivity index (χ0n) is 9.95. The molecule has 1 fully saturated rings. The summed E-state index contributed by atoms with van der Waals surface area (Å²) in [7, 11) is 0. The monoisotopic (exact) mass is 259 g/mol. The molecule has 0 amide bonds. The van der Waals surface area contributed by atoms with Gasteiger partial charge in [0.1, 0.15) is 0 Å². The van der Waals surface area contributed by atoms with Gasteiger partial charge in [0.2, 0.25) is 0 Å². The average molecular weight is 259 g/mol.